The molecule has 0 radical (unpaired) electrons. The van der Waals surface area contributed by atoms with E-state index < -0.39 is 11.7 Å². The zero-order valence-electron chi connectivity index (χ0n) is 23.2. The molecule has 1 amide bonds. The lowest BCUT2D eigenvalue weighted by Crippen LogP contribution is -2.40. The molecule has 5 heterocycles. The number of piperidine rings is 1. The average molecular weight is 581 g/mol. The van der Waals surface area contributed by atoms with Gasteiger partial charge in [-0.25, -0.2) is 14.6 Å². The Morgan fingerprint density at radius 1 is 1.07 bits per heavy atom. The quantitative estimate of drug-likeness (QED) is 0.214. The van der Waals surface area contributed by atoms with Gasteiger partial charge in [0, 0.05) is 30.8 Å². The zero-order valence-corrected chi connectivity index (χ0v) is 23.2. The van der Waals surface area contributed by atoms with E-state index in [1.165, 1.54) is 24.2 Å². The van der Waals surface area contributed by atoms with Gasteiger partial charge in [0.25, 0.3) is 11.7 Å². The lowest BCUT2D eigenvalue weighted by atomic mass is 9.92. The van der Waals surface area contributed by atoms with Crippen LogP contribution in [0, 0.1) is 6.92 Å². The van der Waals surface area contributed by atoms with Crippen molar-refractivity contribution < 1.29 is 18.7 Å². The Morgan fingerprint density at radius 3 is 2.51 bits per heavy atom. The number of Topliss-reactive ketones (excluding diaryl/α,β-unsaturated/α-hetero) is 1. The van der Waals surface area contributed by atoms with E-state index in [1.807, 2.05) is 30.3 Å². The first-order valence-electron chi connectivity index (χ1n) is 13.9. The number of hydrogen-bond acceptors (Lipinski definition) is 9. The summed E-state index contributed by atoms with van der Waals surface area (Å²) in [5.74, 6) is 1.77. The molecule has 1 aliphatic heterocycles. The van der Waals surface area contributed by atoms with Crippen LogP contribution in [0.2, 0.25) is 0 Å². The maximum atomic E-state index is 13.6. The number of aryl methyl sites for hydroxylation is 1. The van der Waals surface area contributed by atoms with Crippen LogP contribution < -0.4 is 4.74 Å². The van der Waals surface area contributed by atoms with Crippen LogP contribution in [0.25, 0.3) is 22.3 Å². The number of fused-ring (bicyclic) bond motifs is 1. The number of carbonyl (C=O) groups is 2. The molecule has 12 heteroatoms. The maximum Gasteiger partial charge on any atom is 0.295 e. The number of aromatic nitrogens is 7. The molecular weight excluding hydrogens is 548 g/mol. The number of pyridine rings is 1. The van der Waals surface area contributed by atoms with Gasteiger partial charge in [-0.15, -0.1) is 10.2 Å². The highest BCUT2D eigenvalue weighted by Crippen LogP contribution is 2.41. The molecule has 1 saturated heterocycles. The molecule has 4 aromatic heterocycles. The molecule has 0 unspecified atom stereocenters. The second-order valence-corrected chi connectivity index (χ2v) is 10.5. The number of amides is 1. The van der Waals surface area contributed by atoms with Gasteiger partial charge >= 0.3 is 0 Å². The predicted molar refractivity (Wildman–Crippen MR) is 158 cm³/mol. The van der Waals surface area contributed by atoms with Crippen molar-refractivity contribution in [1.29, 1.82) is 0 Å². The monoisotopic (exact) mass is 580 g/mol. The molecule has 0 bridgehead atoms. The van der Waals surface area contributed by atoms with Crippen molar-refractivity contribution in [2.75, 3.05) is 20.2 Å². The lowest BCUT2D eigenvalue weighted by Gasteiger charge is -2.29. The molecule has 12 nitrogen and oxygen atoms in total. The van der Waals surface area contributed by atoms with Crippen LogP contribution in [0.4, 0.5) is 0 Å². The first-order valence-corrected chi connectivity index (χ1v) is 13.9. The summed E-state index contributed by atoms with van der Waals surface area (Å²) >= 11 is 0. The zero-order chi connectivity index (χ0) is 28.8. The summed E-state index contributed by atoms with van der Waals surface area (Å²) in [4.78, 5) is 40.4. The molecule has 0 atom stereocenters. The number of H-pyrrole nitrogens is 1. The topological polar surface area (TPSA) is 145 Å². The third kappa shape index (κ3) is 5.09. The van der Waals surface area contributed by atoms with E-state index in [-0.39, 0.29) is 13.0 Å². The first kappa shape index (κ1) is 28.0. The Hall–Kier alpha value is -5.13. The molecule has 5 aromatic rings. The van der Waals surface area contributed by atoms with E-state index in [2.05, 4.69) is 30.2 Å². The van der Waals surface area contributed by atoms with Crippen molar-refractivity contribution in [2.24, 2.45) is 0 Å². The van der Waals surface area contributed by atoms with Gasteiger partial charge in [-0.2, -0.15) is 5.10 Å². The van der Waals surface area contributed by atoms with E-state index in [0.29, 0.717) is 71.9 Å². The highest BCUT2D eigenvalue weighted by Gasteiger charge is 2.33. The summed E-state index contributed by atoms with van der Waals surface area (Å²) in [6, 6.07) is 9.97. The summed E-state index contributed by atoms with van der Waals surface area (Å²) in [5.41, 5.74) is 3.77. The third-order valence-corrected chi connectivity index (χ3v) is 7.79. The van der Waals surface area contributed by atoms with Crippen molar-refractivity contribution in [3.05, 3.63) is 83.4 Å². The standard InChI is InChI=1S/C30H28N8O4.CH4/c1-17-33-16-38(36-17)27-25-24(22(41-2)15-32-27)21(14-31-25)26(39)30(40)37-12-10-19(11-13-37)23(18-6-4-3-5-7-18)29-35-34-28(42-29)20-8-9-20;/h3-7,14-16,20,31H,8-13H2,1-2H3;1H4. The summed E-state index contributed by atoms with van der Waals surface area (Å²) in [6.45, 7) is 2.56. The van der Waals surface area contributed by atoms with Gasteiger partial charge < -0.3 is 19.0 Å². The summed E-state index contributed by atoms with van der Waals surface area (Å²) in [6.07, 6.45) is 7.90. The normalized spacial score (nSPS) is 14.9. The molecule has 1 N–H and O–H groups in total. The van der Waals surface area contributed by atoms with Crippen LogP contribution in [0.1, 0.15) is 72.6 Å². The number of hydrogen-bond donors (Lipinski definition) is 1. The fourth-order valence-corrected chi connectivity index (χ4v) is 5.46. The maximum absolute atomic E-state index is 13.6. The van der Waals surface area contributed by atoms with Crippen molar-refractivity contribution >= 4 is 28.2 Å². The van der Waals surface area contributed by atoms with E-state index >= 15 is 0 Å². The Balaban J connectivity index is 0.00000329. The average Bonchev–Trinajstić information content (AvgIpc) is 3.37. The second-order valence-electron chi connectivity index (χ2n) is 10.5. The van der Waals surface area contributed by atoms with E-state index in [0.717, 1.165) is 29.6 Å². The van der Waals surface area contributed by atoms with E-state index in [1.54, 1.807) is 18.2 Å². The summed E-state index contributed by atoms with van der Waals surface area (Å²) in [5, 5.41) is 13.5. The number of carbonyl (C=O) groups excluding carboxylic acids is 2. The summed E-state index contributed by atoms with van der Waals surface area (Å²) in [7, 11) is 1.50. The van der Waals surface area contributed by atoms with Gasteiger partial charge in [0.15, 0.2) is 5.82 Å². The highest BCUT2D eigenvalue weighted by molar-refractivity contribution is 6.45. The van der Waals surface area contributed by atoms with Crippen LogP contribution in [0.15, 0.2) is 59.0 Å². The number of nitrogens with one attached hydrogen (secondary N) is 1. The van der Waals surface area contributed by atoms with Gasteiger partial charge in [-0.1, -0.05) is 43.3 Å². The Bertz CT molecular complexity index is 1840. The smallest absolute Gasteiger partial charge is 0.295 e. The largest absolute Gasteiger partial charge is 0.494 e. The molecule has 2 fully saturated rings. The minimum atomic E-state index is -0.617. The van der Waals surface area contributed by atoms with Crippen molar-refractivity contribution in [1.82, 2.24) is 39.8 Å². The Labute approximate surface area is 247 Å². The molecule has 7 rings (SSSR count). The van der Waals surface area contributed by atoms with Crippen molar-refractivity contribution in [3.8, 4) is 11.6 Å². The molecule has 43 heavy (non-hydrogen) atoms. The van der Waals surface area contributed by atoms with Gasteiger partial charge in [0.2, 0.25) is 11.8 Å². The van der Waals surface area contributed by atoms with Crippen LogP contribution in [0.5, 0.6) is 5.75 Å². The van der Waals surface area contributed by atoms with Crippen molar-refractivity contribution in [3.63, 3.8) is 0 Å². The molecule has 1 aliphatic carbocycles. The molecule has 220 valence electrons. The summed E-state index contributed by atoms with van der Waals surface area (Å²) < 4.78 is 13.1. The minimum absolute atomic E-state index is 0. The Morgan fingerprint density at radius 2 is 1.84 bits per heavy atom. The third-order valence-electron chi connectivity index (χ3n) is 7.79. The van der Waals surface area contributed by atoms with Gasteiger partial charge in [0.1, 0.15) is 17.9 Å². The lowest BCUT2D eigenvalue weighted by molar-refractivity contribution is -0.126. The number of nitrogens with zero attached hydrogens (tertiary/aromatic N) is 7. The SMILES string of the molecule is C.COc1cnc(-n2cnc(C)n2)c2[nH]cc(C(=O)C(=O)N3CCC(=C(c4ccccc4)c4nnc(C5CC5)o4)CC3)c12. The van der Waals surface area contributed by atoms with Crippen LogP contribution in [-0.2, 0) is 4.79 Å². The molecule has 1 aromatic carbocycles. The van der Waals surface area contributed by atoms with E-state index in [9.17, 15) is 9.59 Å². The highest BCUT2D eigenvalue weighted by atomic mass is 16.5. The molecule has 2 aliphatic rings. The number of ether oxygens (including phenoxy) is 1. The van der Waals surface area contributed by atoms with Crippen LogP contribution >= 0.6 is 0 Å². The number of benzene rings is 1. The van der Waals surface area contributed by atoms with E-state index in [4.69, 9.17) is 9.15 Å². The van der Waals surface area contributed by atoms with Crippen molar-refractivity contribution in [2.45, 2.75) is 46.0 Å². The number of rotatable bonds is 7. The number of ketones is 1. The van der Waals surface area contributed by atoms with Crippen LogP contribution in [-0.4, -0.2) is 71.7 Å². The fraction of sp³-hybridized carbons (Fsp3) is 0.323. The van der Waals surface area contributed by atoms with Gasteiger partial charge in [0.05, 0.1) is 29.8 Å². The van der Waals surface area contributed by atoms with Gasteiger partial charge in [-0.3, -0.25) is 9.59 Å². The Kier molecular flexibility index (Phi) is 7.34. The molecule has 0 spiro atoms. The van der Waals surface area contributed by atoms with Crippen LogP contribution in [0.3, 0.4) is 0 Å². The first-order chi connectivity index (χ1) is 20.5. The number of likely N-dealkylation sites (tertiary alicyclic amines) is 1. The molecular formula is C31H32N8O4. The molecule has 1 saturated carbocycles. The predicted octanol–water partition coefficient (Wildman–Crippen LogP) is 4.66. The number of aromatic amines is 1. The fourth-order valence-electron chi connectivity index (χ4n) is 5.46. The van der Waals surface area contributed by atoms with Gasteiger partial charge in [-0.05, 0) is 38.2 Å². The minimum Gasteiger partial charge on any atom is -0.494 e. The second kappa shape index (κ2) is 11.3. The number of methoxy groups -OCH3 is 1.